The van der Waals surface area contributed by atoms with Gasteiger partial charge in [-0.1, -0.05) is 0 Å². The predicted octanol–water partition coefficient (Wildman–Crippen LogP) is 0.817. The summed E-state index contributed by atoms with van der Waals surface area (Å²) in [7, 11) is 0. The van der Waals surface area contributed by atoms with Crippen molar-refractivity contribution in [2.45, 2.75) is 33.4 Å². The van der Waals surface area contributed by atoms with Gasteiger partial charge in [0.05, 0.1) is 24.9 Å². The van der Waals surface area contributed by atoms with Gasteiger partial charge >= 0.3 is 0 Å². The molecule has 2 aromatic heterocycles. The first-order chi connectivity index (χ1) is 11.5. The quantitative estimate of drug-likeness (QED) is 0.899. The van der Waals surface area contributed by atoms with E-state index in [9.17, 15) is 9.59 Å². The van der Waals surface area contributed by atoms with E-state index in [-0.39, 0.29) is 17.5 Å². The predicted molar refractivity (Wildman–Crippen MR) is 86.8 cm³/mol. The maximum atomic E-state index is 12.9. The molecule has 0 unspecified atom stereocenters. The third-order valence-electron chi connectivity index (χ3n) is 4.11. The van der Waals surface area contributed by atoms with Gasteiger partial charge in [0.15, 0.2) is 5.69 Å². The van der Waals surface area contributed by atoms with Crippen LogP contribution in [-0.4, -0.2) is 50.3 Å². The SMILES string of the molecule is CCn1nc(C(=O)N2CCOC[C@H]2c2cc(=O)[nH]c(C)n2)cc1C. The summed E-state index contributed by atoms with van der Waals surface area (Å²) < 4.78 is 7.30. The highest BCUT2D eigenvalue weighted by molar-refractivity contribution is 5.92. The van der Waals surface area contributed by atoms with Crippen LogP contribution in [0, 0.1) is 13.8 Å². The lowest BCUT2D eigenvalue weighted by atomic mass is 10.1. The minimum absolute atomic E-state index is 0.168. The molecule has 1 atom stereocenters. The van der Waals surface area contributed by atoms with Gasteiger partial charge in [0, 0.05) is 24.8 Å². The number of carbonyl (C=O) groups excluding carboxylic acids is 1. The Labute approximate surface area is 139 Å². The number of rotatable bonds is 3. The van der Waals surface area contributed by atoms with Crippen molar-refractivity contribution in [3.05, 3.63) is 45.4 Å². The number of hydrogen-bond acceptors (Lipinski definition) is 5. The van der Waals surface area contributed by atoms with Crippen molar-refractivity contribution in [3.8, 4) is 0 Å². The Morgan fingerprint density at radius 1 is 1.42 bits per heavy atom. The summed E-state index contributed by atoms with van der Waals surface area (Å²) in [5, 5.41) is 4.36. The summed E-state index contributed by atoms with van der Waals surface area (Å²) in [6, 6.07) is 2.82. The highest BCUT2D eigenvalue weighted by Gasteiger charge is 2.32. The van der Waals surface area contributed by atoms with Crippen LogP contribution in [0.5, 0.6) is 0 Å². The average molecular weight is 331 g/mol. The lowest BCUT2D eigenvalue weighted by Crippen LogP contribution is -2.44. The molecular weight excluding hydrogens is 310 g/mol. The Bertz CT molecular complexity index is 810. The summed E-state index contributed by atoms with van der Waals surface area (Å²) >= 11 is 0. The molecule has 8 nitrogen and oxygen atoms in total. The van der Waals surface area contributed by atoms with E-state index in [1.165, 1.54) is 6.07 Å². The first-order valence-corrected chi connectivity index (χ1v) is 8.00. The van der Waals surface area contributed by atoms with Crippen LogP contribution in [0.4, 0.5) is 0 Å². The molecule has 1 saturated heterocycles. The second-order valence-corrected chi connectivity index (χ2v) is 5.83. The number of aryl methyl sites for hydroxylation is 3. The Morgan fingerprint density at radius 2 is 2.21 bits per heavy atom. The lowest BCUT2D eigenvalue weighted by Gasteiger charge is -2.34. The average Bonchev–Trinajstić information content (AvgIpc) is 2.94. The van der Waals surface area contributed by atoms with Crippen LogP contribution < -0.4 is 5.56 Å². The molecule has 1 aliphatic heterocycles. The highest BCUT2D eigenvalue weighted by atomic mass is 16.5. The molecule has 0 aromatic carbocycles. The maximum absolute atomic E-state index is 12.9. The van der Waals surface area contributed by atoms with Gasteiger partial charge in [-0.15, -0.1) is 0 Å². The molecule has 3 heterocycles. The Kier molecular flexibility index (Phi) is 4.48. The smallest absolute Gasteiger partial charge is 0.275 e. The fraction of sp³-hybridized carbons (Fsp3) is 0.500. The number of nitrogens with one attached hydrogen (secondary N) is 1. The van der Waals surface area contributed by atoms with Crippen LogP contribution in [0.2, 0.25) is 0 Å². The van der Waals surface area contributed by atoms with Crippen LogP contribution in [0.3, 0.4) is 0 Å². The molecule has 0 aliphatic carbocycles. The standard InChI is InChI=1S/C16H21N5O3/c1-4-21-10(2)7-13(19-21)16(23)20-5-6-24-9-14(20)12-8-15(22)18-11(3)17-12/h7-8,14H,4-6,9H2,1-3H3,(H,17,18,22)/t14-/m0/s1. The molecular formula is C16H21N5O3. The molecule has 3 rings (SSSR count). The van der Waals surface area contributed by atoms with E-state index in [2.05, 4.69) is 15.1 Å². The maximum Gasteiger partial charge on any atom is 0.275 e. The minimum Gasteiger partial charge on any atom is -0.377 e. The zero-order chi connectivity index (χ0) is 17.3. The van der Waals surface area contributed by atoms with Gasteiger partial charge in [-0.25, -0.2) is 4.98 Å². The van der Waals surface area contributed by atoms with E-state index in [0.717, 1.165) is 5.69 Å². The molecule has 2 aromatic rings. The van der Waals surface area contributed by atoms with E-state index in [4.69, 9.17) is 4.74 Å². The molecule has 24 heavy (non-hydrogen) atoms. The third kappa shape index (κ3) is 3.09. The Balaban J connectivity index is 1.94. The first kappa shape index (κ1) is 16.4. The van der Waals surface area contributed by atoms with E-state index >= 15 is 0 Å². The number of carbonyl (C=O) groups is 1. The molecule has 0 saturated carbocycles. The van der Waals surface area contributed by atoms with Gasteiger partial charge in [0.1, 0.15) is 5.82 Å². The fourth-order valence-corrected chi connectivity index (χ4v) is 2.95. The van der Waals surface area contributed by atoms with Crippen LogP contribution in [0.25, 0.3) is 0 Å². The number of ether oxygens (including phenoxy) is 1. The van der Waals surface area contributed by atoms with Crippen LogP contribution in [0.1, 0.15) is 40.7 Å². The van der Waals surface area contributed by atoms with Gasteiger partial charge in [0.25, 0.3) is 11.5 Å². The van der Waals surface area contributed by atoms with Crippen molar-refractivity contribution in [2.24, 2.45) is 0 Å². The van der Waals surface area contributed by atoms with E-state index in [0.29, 0.717) is 43.5 Å². The fourth-order valence-electron chi connectivity index (χ4n) is 2.95. The van der Waals surface area contributed by atoms with Crippen molar-refractivity contribution in [3.63, 3.8) is 0 Å². The molecule has 0 bridgehead atoms. The zero-order valence-corrected chi connectivity index (χ0v) is 14.1. The summed E-state index contributed by atoms with van der Waals surface area (Å²) in [5.41, 5.74) is 1.65. The number of hydrogen-bond donors (Lipinski definition) is 1. The van der Waals surface area contributed by atoms with E-state index in [1.54, 1.807) is 22.6 Å². The number of amides is 1. The summed E-state index contributed by atoms with van der Waals surface area (Å²) in [5.74, 6) is 0.347. The van der Waals surface area contributed by atoms with Crippen molar-refractivity contribution < 1.29 is 9.53 Å². The van der Waals surface area contributed by atoms with Gasteiger partial charge in [0.2, 0.25) is 0 Å². The van der Waals surface area contributed by atoms with E-state index in [1.807, 2.05) is 13.8 Å². The van der Waals surface area contributed by atoms with Gasteiger partial charge in [-0.2, -0.15) is 5.10 Å². The molecule has 8 heteroatoms. The Hall–Kier alpha value is -2.48. The van der Waals surface area contributed by atoms with E-state index < -0.39 is 0 Å². The molecule has 1 fully saturated rings. The number of morpholine rings is 1. The molecule has 1 N–H and O–H groups in total. The zero-order valence-electron chi connectivity index (χ0n) is 14.1. The monoisotopic (exact) mass is 331 g/mol. The van der Waals surface area contributed by atoms with Crippen molar-refractivity contribution in [2.75, 3.05) is 19.8 Å². The normalized spacial score (nSPS) is 18.0. The van der Waals surface area contributed by atoms with Crippen molar-refractivity contribution in [1.29, 1.82) is 0 Å². The molecule has 0 radical (unpaired) electrons. The summed E-state index contributed by atoms with van der Waals surface area (Å²) in [4.78, 5) is 33.3. The topological polar surface area (TPSA) is 93.1 Å². The van der Waals surface area contributed by atoms with Gasteiger partial charge < -0.3 is 14.6 Å². The Morgan fingerprint density at radius 3 is 2.88 bits per heavy atom. The van der Waals surface area contributed by atoms with Gasteiger partial charge in [-0.3, -0.25) is 14.3 Å². The number of nitrogens with zero attached hydrogens (tertiary/aromatic N) is 4. The van der Waals surface area contributed by atoms with Crippen LogP contribution in [0.15, 0.2) is 16.9 Å². The van der Waals surface area contributed by atoms with Crippen LogP contribution in [-0.2, 0) is 11.3 Å². The lowest BCUT2D eigenvalue weighted by molar-refractivity contribution is -0.00436. The molecule has 1 amide bonds. The second-order valence-electron chi connectivity index (χ2n) is 5.83. The molecule has 1 aliphatic rings. The van der Waals surface area contributed by atoms with Gasteiger partial charge in [-0.05, 0) is 26.8 Å². The largest absolute Gasteiger partial charge is 0.377 e. The van der Waals surface area contributed by atoms with Crippen molar-refractivity contribution in [1.82, 2.24) is 24.6 Å². The van der Waals surface area contributed by atoms with Crippen molar-refractivity contribution >= 4 is 5.91 Å². The highest BCUT2D eigenvalue weighted by Crippen LogP contribution is 2.24. The second kappa shape index (κ2) is 6.56. The summed E-state index contributed by atoms with van der Waals surface area (Å²) in [6.07, 6.45) is 0. The summed E-state index contributed by atoms with van der Waals surface area (Å²) in [6.45, 7) is 7.54. The first-order valence-electron chi connectivity index (χ1n) is 8.00. The van der Waals surface area contributed by atoms with Crippen LogP contribution >= 0.6 is 0 Å². The number of H-pyrrole nitrogens is 1. The minimum atomic E-state index is -0.390. The molecule has 0 spiro atoms. The number of aromatic nitrogens is 4. The third-order valence-corrected chi connectivity index (χ3v) is 4.11. The molecule has 128 valence electrons. The number of aromatic amines is 1.